The van der Waals surface area contributed by atoms with Crippen LogP contribution in [0.3, 0.4) is 0 Å². The molecular weight excluding hydrogens is 289 g/mol. The van der Waals surface area contributed by atoms with Crippen LogP contribution >= 0.6 is 11.6 Å². The number of nitrogens with two attached hydrogens (primary N) is 1. The van der Waals surface area contributed by atoms with E-state index >= 15 is 0 Å². The molecule has 0 atom stereocenters. The zero-order valence-corrected chi connectivity index (χ0v) is 11.9. The Morgan fingerprint density at radius 2 is 1.90 bits per heavy atom. The Morgan fingerprint density at radius 1 is 1.14 bits per heavy atom. The molecule has 2 aromatic carbocycles. The minimum absolute atomic E-state index is 0.252. The van der Waals surface area contributed by atoms with E-state index in [1.807, 2.05) is 18.2 Å². The van der Waals surface area contributed by atoms with Crippen molar-refractivity contribution >= 4 is 17.3 Å². The Morgan fingerprint density at radius 3 is 2.62 bits per heavy atom. The standard InChI is InChI=1S/C16H13ClFN3/c17-13-3-1-2-12(8-13)16-15(19)10-21(20-16)9-11-4-6-14(18)7-5-11/h1-8,10H,9,19H2. The second-order valence-electron chi connectivity index (χ2n) is 4.77. The first-order valence-electron chi connectivity index (χ1n) is 6.45. The molecule has 1 heterocycles. The van der Waals surface area contributed by atoms with Gasteiger partial charge in [-0.3, -0.25) is 4.68 Å². The normalized spacial score (nSPS) is 10.8. The van der Waals surface area contributed by atoms with E-state index in [0.29, 0.717) is 22.9 Å². The van der Waals surface area contributed by atoms with Gasteiger partial charge in [0.2, 0.25) is 0 Å². The molecule has 0 spiro atoms. The van der Waals surface area contributed by atoms with Gasteiger partial charge in [0.1, 0.15) is 11.5 Å². The minimum Gasteiger partial charge on any atom is -0.396 e. The highest BCUT2D eigenvalue weighted by atomic mass is 35.5. The number of aromatic nitrogens is 2. The Labute approximate surface area is 126 Å². The van der Waals surface area contributed by atoms with Crippen molar-refractivity contribution in [3.63, 3.8) is 0 Å². The van der Waals surface area contributed by atoms with Crippen LogP contribution < -0.4 is 5.73 Å². The minimum atomic E-state index is -0.252. The summed E-state index contributed by atoms with van der Waals surface area (Å²) < 4.78 is 14.6. The number of halogens is 2. The molecule has 0 fully saturated rings. The van der Waals surface area contributed by atoms with E-state index in [4.69, 9.17) is 17.3 Å². The number of rotatable bonds is 3. The SMILES string of the molecule is Nc1cn(Cc2ccc(F)cc2)nc1-c1cccc(Cl)c1. The third kappa shape index (κ3) is 3.06. The van der Waals surface area contributed by atoms with Gasteiger partial charge in [-0.05, 0) is 29.8 Å². The topological polar surface area (TPSA) is 43.8 Å². The maximum atomic E-state index is 12.9. The first kappa shape index (κ1) is 13.6. The Bertz CT molecular complexity index is 765. The van der Waals surface area contributed by atoms with Crippen LogP contribution in [0, 0.1) is 5.82 Å². The molecule has 106 valence electrons. The largest absolute Gasteiger partial charge is 0.396 e. The van der Waals surface area contributed by atoms with Crippen molar-refractivity contribution in [1.29, 1.82) is 0 Å². The summed E-state index contributed by atoms with van der Waals surface area (Å²) in [7, 11) is 0. The maximum Gasteiger partial charge on any atom is 0.123 e. The van der Waals surface area contributed by atoms with Gasteiger partial charge in [0.15, 0.2) is 0 Å². The molecule has 2 N–H and O–H groups in total. The van der Waals surface area contributed by atoms with Crippen molar-refractivity contribution in [3.05, 3.63) is 71.1 Å². The average Bonchev–Trinajstić information content (AvgIpc) is 2.82. The predicted octanol–water partition coefficient (Wildman–Crippen LogP) is 3.97. The highest BCUT2D eigenvalue weighted by molar-refractivity contribution is 6.30. The zero-order chi connectivity index (χ0) is 14.8. The lowest BCUT2D eigenvalue weighted by Gasteiger charge is -2.02. The number of nitrogen functional groups attached to an aromatic ring is 1. The first-order chi connectivity index (χ1) is 10.1. The van der Waals surface area contributed by atoms with Crippen molar-refractivity contribution in [2.24, 2.45) is 0 Å². The molecule has 3 rings (SSSR count). The van der Waals surface area contributed by atoms with Crippen LogP contribution in [-0.4, -0.2) is 9.78 Å². The average molecular weight is 302 g/mol. The van der Waals surface area contributed by atoms with Gasteiger partial charge >= 0.3 is 0 Å². The van der Waals surface area contributed by atoms with Gasteiger partial charge in [0, 0.05) is 16.8 Å². The molecule has 5 heteroatoms. The van der Waals surface area contributed by atoms with Crippen molar-refractivity contribution < 1.29 is 4.39 Å². The molecule has 0 aliphatic rings. The van der Waals surface area contributed by atoms with Gasteiger partial charge in [-0.2, -0.15) is 5.10 Å². The molecule has 21 heavy (non-hydrogen) atoms. The quantitative estimate of drug-likeness (QED) is 0.795. The van der Waals surface area contributed by atoms with E-state index in [-0.39, 0.29) is 5.82 Å². The summed E-state index contributed by atoms with van der Waals surface area (Å²) in [6, 6.07) is 13.7. The number of nitrogens with zero attached hydrogens (tertiary/aromatic N) is 2. The van der Waals surface area contributed by atoms with Gasteiger partial charge < -0.3 is 5.73 Å². The summed E-state index contributed by atoms with van der Waals surface area (Å²) in [5.41, 5.74) is 9.12. The molecule has 1 aromatic heterocycles. The van der Waals surface area contributed by atoms with Crippen molar-refractivity contribution in [2.45, 2.75) is 6.54 Å². The van der Waals surface area contributed by atoms with E-state index in [1.54, 1.807) is 29.1 Å². The highest BCUT2D eigenvalue weighted by Crippen LogP contribution is 2.26. The van der Waals surface area contributed by atoms with E-state index < -0.39 is 0 Å². The van der Waals surface area contributed by atoms with Gasteiger partial charge in [-0.1, -0.05) is 35.9 Å². The lowest BCUT2D eigenvalue weighted by Crippen LogP contribution is -2.00. The molecule has 0 saturated carbocycles. The van der Waals surface area contributed by atoms with E-state index in [9.17, 15) is 4.39 Å². The third-order valence-electron chi connectivity index (χ3n) is 3.15. The lowest BCUT2D eigenvalue weighted by molar-refractivity contribution is 0.624. The number of anilines is 1. The molecule has 0 bridgehead atoms. The molecular formula is C16H13ClFN3. The van der Waals surface area contributed by atoms with Gasteiger partial charge in [-0.25, -0.2) is 4.39 Å². The summed E-state index contributed by atoms with van der Waals surface area (Å²) in [4.78, 5) is 0. The molecule has 3 aromatic rings. The molecule has 0 unspecified atom stereocenters. The van der Waals surface area contributed by atoms with Crippen molar-refractivity contribution in [1.82, 2.24) is 9.78 Å². The summed E-state index contributed by atoms with van der Waals surface area (Å²) in [5.74, 6) is -0.252. The van der Waals surface area contributed by atoms with Crippen LogP contribution in [0.1, 0.15) is 5.56 Å². The Hall–Kier alpha value is -2.33. The molecule has 0 aliphatic heterocycles. The number of hydrogen-bond acceptors (Lipinski definition) is 2. The fourth-order valence-electron chi connectivity index (χ4n) is 2.15. The number of hydrogen-bond donors (Lipinski definition) is 1. The second-order valence-corrected chi connectivity index (χ2v) is 5.20. The highest BCUT2D eigenvalue weighted by Gasteiger charge is 2.09. The predicted molar refractivity (Wildman–Crippen MR) is 82.6 cm³/mol. The number of benzene rings is 2. The van der Waals surface area contributed by atoms with E-state index in [1.165, 1.54) is 12.1 Å². The van der Waals surface area contributed by atoms with Gasteiger partial charge in [0.25, 0.3) is 0 Å². The molecule has 3 nitrogen and oxygen atoms in total. The first-order valence-corrected chi connectivity index (χ1v) is 6.83. The van der Waals surface area contributed by atoms with E-state index in [0.717, 1.165) is 11.1 Å². The van der Waals surface area contributed by atoms with E-state index in [2.05, 4.69) is 5.10 Å². The smallest absolute Gasteiger partial charge is 0.123 e. The fraction of sp³-hybridized carbons (Fsp3) is 0.0625. The summed E-state index contributed by atoms with van der Waals surface area (Å²) in [5, 5.41) is 5.12. The second kappa shape index (κ2) is 5.58. The maximum absolute atomic E-state index is 12.9. The van der Waals surface area contributed by atoms with Crippen molar-refractivity contribution in [3.8, 4) is 11.3 Å². The van der Waals surface area contributed by atoms with Crippen LogP contribution in [0.15, 0.2) is 54.7 Å². The van der Waals surface area contributed by atoms with Crippen LogP contribution in [0.25, 0.3) is 11.3 Å². The monoisotopic (exact) mass is 301 g/mol. The summed E-state index contributed by atoms with van der Waals surface area (Å²) in [6.45, 7) is 0.533. The van der Waals surface area contributed by atoms with Crippen LogP contribution in [0.4, 0.5) is 10.1 Å². The van der Waals surface area contributed by atoms with Crippen LogP contribution in [0.5, 0.6) is 0 Å². The Kier molecular flexibility index (Phi) is 3.62. The van der Waals surface area contributed by atoms with Crippen molar-refractivity contribution in [2.75, 3.05) is 5.73 Å². The molecule has 0 aliphatic carbocycles. The van der Waals surface area contributed by atoms with Crippen LogP contribution in [0.2, 0.25) is 5.02 Å². The lowest BCUT2D eigenvalue weighted by atomic mass is 10.1. The third-order valence-corrected chi connectivity index (χ3v) is 3.38. The fourth-order valence-corrected chi connectivity index (χ4v) is 2.35. The summed E-state index contributed by atoms with van der Waals surface area (Å²) in [6.07, 6.45) is 1.76. The summed E-state index contributed by atoms with van der Waals surface area (Å²) >= 11 is 5.99. The molecule has 0 saturated heterocycles. The Balaban J connectivity index is 1.89. The molecule has 0 amide bonds. The zero-order valence-electron chi connectivity index (χ0n) is 11.1. The van der Waals surface area contributed by atoms with Crippen LogP contribution in [-0.2, 0) is 6.54 Å². The van der Waals surface area contributed by atoms with Gasteiger partial charge in [0.05, 0.1) is 12.2 Å². The van der Waals surface area contributed by atoms with Gasteiger partial charge in [-0.15, -0.1) is 0 Å². The molecule has 0 radical (unpaired) electrons.